The van der Waals surface area contributed by atoms with E-state index in [-0.39, 0.29) is 24.8 Å². The molecule has 0 radical (unpaired) electrons. The number of carbonyl (C=O) groups is 1. The molecular formula is C24H22IN3O6. The van der Waals surface area contributed by atoms with Crippen molar-refractivity contribution in [1.82, 2.24) is 0 Å². The lowest BCUT2D eigenvalue weighted by Gasteiger charge is -2.13. The number of anilines is 1. The molecule has 3 rings (SSSR count). The smallest absolute Gasteiger partial charge is 0.269 e. The predicted octanol–water partition coefficient (Wildman–Crippen LogP) is 5.08. The van der Waals surface area contributed by atoms with E-state index in [1.54, 1.807) is 24.3 Å². The van der Waals surface area contributed by atoms with Crippen molar-refractivity contribution < 1.29 is 24.0 Å². The summed E-state index contributed by atoms with van der Waals surface area (Å²) in [7, 11) is 1.50. The predicted molar refractivity (Wildman–Crippen MR) is 136 cm³/mol. The summed E-state index contributed by atoms with van der Waals surface area (Å²) in [6.07, 6.45) is 1.50. The number of benzene rings is 3. The fourth-order valence-corrected chi connectivity index (χ4v) is 3.68. The van der Waals surface area contributed by atoms with Crippen LogP contribution in [0.25, 0.3) is 0 Å². The van der Waals surface area contributed by atoms with Gasteiger partial charge in [-0.3, -0.25) is 14.9 Å². The van der Waals surface area contributed by atoms with Gasteiger partial charge in [0.2, 0.25) is 0 Å². The van der Waals surface area contributed by atoms with Crippen LogP contribution in [0.5, 0.6) is 11.5 Å². The lowest BCUT2D eigenvalue weighted by atomic mass is 10.2. The minimum atomic E-state index is -0.462. The minimum absolute atomic E-state index is 0.00694. The van der Waals surface area contributed by atoms with E-state index in [2.05, 4.69) is 33.1 Å². The van der Waals surface area contributed by atoms with E-state index < -0.39 is 4.92 Å². The number of nitro benzene ring substituents is 1. The molecule has 1 amide bonds. The Labute approximate surface area is 210 Å². The summed E-state index contributed by atoms with van der Waals surface area (Å²) < 4.78 is 11.8. The molecule has 10 heteroatoms. The van der Waals surface area contributed by atoms with Crippen molar-refractivity contribution in [2.75, 3.05) is 19.0 Å². The van der Waals surface area contributed by atoms with Gasteiger partial charge in [-0.05, 0) is 59.3 Å². The summed E-state index contributed by atoms with van der Waals surface area (Å²) in [5.41, 5.74) is 3.11. The number of non-ortho nitro benzene ring substituents is 1. The molecule has 0 aliphatic rings. The van der Waals surface area contributed by atoms with Crippen molar-refractivity contribution in [2.45, 2.75) is 13.5 Å². The lowest BCUT2D eigenvalue weighted by molar-refractivity contribution is -0.384. The topological polar surface area (TPSA) is 112 Å². The summed E-state index contributed by atoms with van der Waals surface area (Å²) in [6, 6.07) is 17.1. The number of amides is 1. The van der Waals surface area contributed by atoms with Crippen molar-refractivity contribution in [1.29, 1.82) is 0 Å². The van der Waals surface area contributed by atoms with Crippen LogP contribution in [-0.4, -0.2) is 30.8 Å². The zero-order chi connectivity index (χ0) is 24.5. The standard InChI is InChI=1S/C24H22IN3O6/c1-16-6-8-19(9-7-16)27-23(29)15-33-24-21(25)11-18(12-22(24)32-2)13-26-34-14-17-4-3-5-20(10-17)28(30)31/h3-13H,14-15H2,1-2H3,(H,27,29)/b26-13-. The lowest BCUT2D eigenvalue weighted by Crippen LogP contribution is -2.20. The number of nitro groups is 1. The summed E-state index contributed by atoms with van der Waals surface area (Å²) in [5, 5.41) is 17.6. The number of oxime groups is 1. The van der Waals surface area contributed by atoms with E-state index in [1.807, 2.05) is 31.2 Å². The number of ether oxygens (including phenoxy) is 2. The molecule has 3 aromatic rings. The number of nitrogens with zero attached hydrogens (tertiary/aromatic N) is 2. The molecule has 0 fully saturated rings. The second kappa shape index (κ2) is 12.0. The second-order valence-corrected chi connectivity index (χ2v) is 8.33. The van der Waals surface area contributed by atoms with Gasteiger partial charge in [0, 0.05) is 23.4 Å². The quantitative estimate of drug-likeness (QED) is 0.156. The Hall–Kier alpha value is -3.67. The Kier molecular flexibility index (Phi) is 8.79. The van der Waals surface area contributed by atoms with Crippen molar-refractivity contribution in [3.63, 3.8) is 0 Å². The van der Waals surface area contributed by atoms with Crippen LogP contribution in [0.2, 0.25) is 0 Å². The van der Waals surface area contributed by atoms with E-state index >= 15 is 0 Å². The van der Waals surface area contributed by atoms with Crippen LogP contribution in [0.1, 0.15) is 16.7 Å². The fourth-order valence-electron chi connectivity index (χ4n) is 2.90. The van der Waals surface area contributed by atoms with Crippen LogP contribution >= 0.6 is 22.6 Å². The number of aryl methyl sites for hydroxylation is 1. The van der Waals surface area contributed by atoms with Gasteiger partial charge in [-0.1, -0.05) is 35.0 Å². The van der Waals surface area contributed by atoms with Gasteiger partial charge in [0.25, 0.3) is 11.6 Å². The zero-order valence-corrected chi connectivity index (χ0v) is 20.6. The molecular weight excluding hydrogens is 553 g/mol. The van der Waals surface area contributed by atoms with E-state index in [0.29, 0.717) is 28.3 Å². The summed E-state index contributed by atoms with van der Waals surface area (Å²) in [4.78, 5) is 27.9. The van der Waals surface area contributed by atoms with Crippen LogP contribution in [0, 0.1) is 20.6 Å². The largest absolute Gasteiger partial charge is 0.493 e. The average molecular weight is 575 g/mol. The van der Waals surface area contributed by atoms with Gasteiger partial charge in [0.15, 0.2) is 18.1 Å². The third-order valence-electron chi connectivity index (χ3n) is 4.56. The van der Waals surface area contributed by atoms with Crippen LogP contribution < -0.4 is 14.8 Å². The molecule has 0 saturated carbocycles. The van der Waals surface area contributed by atoms with Crippen molar-refractivity contribution in [3.05, 3.63) is 91.0 Å². The monoisotopic (exact) mass is 575 g/mol. The number of hydrogen-bond donors (Lipinski definition) is 1. The Bertz CT molecular complexity index is 1200. The second-order valence-electron chi connectivity index (χ2n) is 7.17. The number of carbonyl (C=O) groups excluding carboxylic acids is 1. The molecule has 34 heavy (non-hydrogen) atoms. The maximum absolute atomic E-state index is 12.2. The molecule has 176 valence electrons. The van der Waals surface area contributed by atoms with Gasteiger partial charge in [0.1, 0.15) is 6.61 Å². The first-order valence-corrected chi connectivity index (χ1v) is 11.2. The molecule has 0 heterocycles. The van der Waals surface area contributed by atoms with Gasteiger partial charge in [-0.15, -0.1) is 0 Å². The molecule has 9 nitrogen and oxygen atoms in total. The molecule has 0 aromatic heterocycles. The third kappa shape index (κ3) is 7.17. The minimum Gasteiger partial charge on any atom is -0.493 e. The molecule has 3 aromatic carbocycles. The fraction of sp³-hybridized carbons (Fsp3) is 0.167. The summed E-state index contributed by atoms with van der Waals surface area (Å²) in [6.45, 7) is 1.88. The SMILES string of the molecule is COc1cc(/C=N\OCc2cccc([N+](=O)[O-])c2)cc(I)c1OCC(=O)Nc1ccc(C)cc1. The number of rotatable bonds is 10. The highest BCUT2D eigenvalue weighted by Crippen LogP contribution is 2.33. The molecule has 0 saturated heterocycles. The van der Waals surface area contributed by atoms with Crippen molar-refractivity contribution in [3.8, 4) is 11.5 Å². The van der Waals surface area contributed by atoms with Crippen molar-refractivity contribution >= 4 is 46.1 Å². The van der Waals surface area contributed by atoms with Gasteiger partial charge >= 0.3 is 0 Å². The highest BCUT2D eigenvalue weighted by Gasteiger charge is 2.13. The van der Waals surface area contributed by atoms with E-state index in [0.717, 1.165) is 9.13 Å². The first-order valence-electron chi connectivity index (χ1n) is 10.1. The molecule has 0 unspecified atom stereocenters. The first-order chi connectivity index (χ1) is 16.4. The van der Waals surface area contributed by atoms with E-state index in [1.165, 1.54) is 25.5 Å². The zero-order valence-electron chi connectivity index (χ0n) is 18.5. The normalized spacial score (nSPS) is 10.7. The number of nitrogens with one attached hydrogen (secondary N) is 1. The molecule has 0 aliphatic heterocycles. The maximum atomic E-state index is 12.2. The summed E-state index contributed by atoms with van der Waals surface area (Å²) in [5.74, 6) is 0.592. The van der Waals surface area contributed by atoms with E-state index in [4.69, 9.17) is 14.3 Å². The van der Waals surface area contributed by atoms with Gasteiger partial charge < -0.3 is 19.6 Å². The Balaban J connectivity index is 1.59. The van der Waals surface area contributed by atoms with Crippen molar-refractivity contribution in [2.24, 2.45) is 5.16 Å². The maximum Gasteiger partial charge on any atom is 0.269 e. The molecule has 0 bridgehead atoms. The Morgan fingerprint density at radius 1 is 1.18 bits per heavy atom. The summed E-state index contributed by atoms with van der Waals surface area (Å²) >= 11 is 2.09. The highest BCUT2D eigenvalue weighted by atomic mass is 127. The Morgan fingerprint density at radius 2 is 1.94 bits per heavy atom. The molecule has 0 aliphatic carbocycles. The Morgan fingerprint density at radius 3 is 2.65 bits per heavy atom. The van der Waals surface area contributed by atoms with Crippen LogP contribution in [0.15, 0.2) is 65.8 Å². The van der Waals surface area contributed by atoms with Crippen LogP contribution in [0.3, 0.4) is 0 Å². The third-order valence-corrected chi connectivity index (χ3v) is 5.36. The first kappa shape index (κ1) is 25.0. The average Bonchev–Trinajstić information content (AvgIpc) is 2.82. The van der Waals surface area contributed by atoms with Gasteiger partial charge in [0.05, 0.1) is 21.8 Å². The number of hydrogen-bond acceptors (Lipinski definition) is 7. The van der Waals surface area contributed by atoms with Crippen LogP contribution in [-0.2, 0) is 16.2 Å². The molecule has 0 spiro atoms. The highest BCUT2D eigenvalue weighted by molar-refractivity contribution is 14.1. The number of methoxy groups -OCH3 is 1. The molecule has 1 N–H and O–H groups in total. The van der Waals surface area contributed by atoms with Crippen LogP contribution in [0.4, 0.5) is 11.4 Å². The number of halogens is 1. The molecule has 0 atom stereocenters. The van der Waals surface area contributed by atoms with Gasteiger partial charge in [-0.25, -0.2) is 0 Å². The van der Waals surface area contributed by atoms with Gasteiger partial charge in [-0.2, -0.15) is 0 Å². The van der Waals surface area contributed by atoms with E-state index in [9.17, 15) is 14.9 Å².